The van der Waals surface area contributed by atoms with Gasteiger partial charge in [0, 0.05) is 25.7 Å². The van der Waals surface area contributed by atoms with E-state index in [0.29, 0.717) is 44.1 Å². The van der Waals surface area contributed by atoms with Crippen LogP contribution in [0.2, 0.25) is 0 Å². The van der Waals surface area contributed by atoms with Crippen LogP contribution in [0.1, 0.15) is 32.1 Å². The molecule has 1 saturated heterocycles. The number of hydrogen-bond donors (Lipinski definition) is 2. The van der Waals surface area contributed by atoms with Gasteiger partial charge in [0.1, 0.15) is 0 Å². The van der Waals surface area contributed by atoms with Gasteiger partial charge in [0.15, 0.2) is 0 Å². The van der Waals surface area contributed by atoms with E-state index in [1.54, 1.807) is 11.9 Å². The van der Waals surface area contributed by atoms with E-state index in [0.717, 1.165) is 11.8 Å². The molecule has 0 spiro atoms. The van der Waals surface area contributed by atoms with Gasteiger partial charge in [-0.15, -0.1) is 0 Å². The number of carboxylic acid groups (broad SMARTS) is 1. The molecular formula is C19H31N3O4. The molecule has 146 valence electrons. The number of urea groups is 1. The maximum absolute atomic E-state index is 12.9. The first-order valence-corrected chi connectivity index (χ1v) is 10.0. The van der Waals surface area contributed by atoms with Crippen LogP contribution >= 0.6 is 0 Å². The number of ether oxygens (including phenoxy) is 1. The summed E-state index contributed by atoms with van der Waals surface area (Å²) in [5, 5.41) is 12.2. The van der Waals surface area contributed by atoms with Gasteiger partial charge in [-0.3, -0.25) is 9.69 Å². The Labute approximate surface area is 155 Å². The number of carbonyl (C=O) groups is 2. The zero-order valence-corrected chi connectivity index (χ0v) is 15.6. The Morgan fingerprint density at radius 2 is 1.81 bits per heavy atom. The Balaban J connectivity index is 1.30. The van der Waals surface area contributed by atoms with Gasteiger partial charge in [0.2, 0.25) is 0 Å². The number of morpholine rings is 1. The highest BCUT2D eigenvalue weighted by Crippen LogP contribution is 2.53. The summed E-state index contributed by atoms with van der Waals surface area (Å²) in [7, 11) is 1.77. The van der Waals surface area contributed by atoms with E-state index < -0.39 is 5.97 Å². The molecule has 1 aliphatic heterocycles. The normalized spacial score (nSPS) is 38.6. The van der Waals surface area contributed by atoms with Crippen molar-refractivity contribution in [2.24, 2.45) is 23.7 Å². The highest BCUT2D eigenvalue weighted by atomic mass is 16.5. The van der Waals surface area contributed by atoms with Crippen LogP contribution in [0.4, 0.5) is 4.79 Å². The highest BCUT2D eigenvalue weighted by Gasteiger charge is 2.49. The largest absolute Gasteiger partial charge is 0.480 e. The number of rotatable bonds is 5. The first-order valence-electron chi connectivity index (χ1n) is 10.0. The third-order valence-corrected chi connectivity index (χ3v) is 6.86. The molecule has 2 amide bonds. The molecule has 4 saturated carbocycles. The van der Waals surface area contributed by atoms with Crippen molar-refractivity contribution in [3.05, 3.63) is 0 Å². The number of amides is 2. The molecule has 1 atom stereocenters. The van der Waals surface area contributed by atoms with E-state index in [9.17, 15) is 9.59 Å². The smallest absolute Gasteiger partial charge is 0.317 e. The first kappa shape index (κ1) is 18.0. The quantitative estimate of drug-likeness (QED) is 0.766. The summed E-state index contributed by atoms with van der Waals surface area (Å²) in [5.41, 5.74) is 0. The summed E-state index contributed by atoms with van der Waals surface area (Å²) >= 11 is 0. The molecule has 0 radical (unpaired) electrons. The Kier molecular flexibility index (Phi) is 5.10. The predicted molar refractivity (Wildman–Crippen MR) is 95.8 cm³/mol. The molecule has 0 aromatic heterocycles. The molecule has 5 aliphatic rings. The van der Waals surface area contributed by atoms with Crippen LogP contribution in [-0.2, 0) is 9.53 Å². The van der Waals surface area contributed by atoms with Crippen molar-refractivity contribution in [3.63, 3.8) is 0 Å². The molecule has 1 unspecified atom stereocenters. The van der Waals surface area contributed by atoms with Crippen LogP contribution in [0, 0.1) is 23.7 Å². The molecule has 5 fully saturated rings. The summed E-state index contributed by atoms with van der Waals surface area (Å²) in [6.07, 6.45) is 6.47. The van der Waals surface area contributed by atoms with Crippen molar-refractivity contribution in [2.75, 3.05) is 39.8 Å². The molecule has 0 aromatic rings. The molecule has 26 heavy (non-hydrogen) atoms. The monoisotopic (exact) mass is 365 g/mol. The Morgan fingerprint density at radius 1 is 1.15 bits per heavy atom. The number of nitrogens with zero attached hydrogens (tertiary/aromatic N) is 2. The van der Waals surface area contributed by atoms with Crippen LogP contribution in [-0.4, -0.2) is 78.9 Å². The zero-order valence-electron chi connectivity index (χ0n) is 15.6. The molecule has 4 aliphatic carbocycles. The van der Waals surface area contributed by atoms with Gasteiger partial charge in [0.25, 0.3) is 0 Å². The van der Waals surface area contributed by atoms with Gasteiger partial charge in [-0.05, 0) is 62.8 Å². The fourth-order valence-corrected chi connectivity index (χ4v) is 6.05. The highest BCUT2D eigenvalue weighted by molar-refractivity contribution is 5.74. The molecule has 0 aromatic carbocycles. The van der Waals surface area contributed by atoms with Crippen molar-refractivity contribution < 1.29 is 19.4 Å². The minimum atomic E-state index is -0.847. The fourth-order valence-electron chi connectivity index (χ4n) is 6.05. The van der Waals surface area contributed by atoms with E-state index >= 15 is 0 Å². The summed E-state index contributed by atoms with van der Waals surface area (Å²) in [5.74, 6) is 2.31. The maximum atomic E-state index is 12.9. The molecule has 7 heteroatoms. The lowest BCUT2D eigenvalue weighted by atomic mass is 9.54. The topological polar surface area (TPSA) is 82.1 Å². The Bertz CT molecular complexity index is 527. The van der Waals surface area contributed by atoms with Gasteiger partial charge in [-0.2, -0.15) is 0 Å². The summed E-state index contributed by atoms with van der Waals surface area (Å²) < 4.78 is 5.74. The minimum Gasteiger partial charge on any atom is -0.480 e. The van der Waals surface area contributed by atoms with Crippen molar-refractivity contribution >= 4 is 12.0 Å². The Hall–Kier alpha value is -1.34. The standard InChI is InChI=1S/C19H31N3O4/c1-21(11-17(23)24)9-16-10-22(2-3-26-16)19(25)20-18-14-5-12-4-13(7-14)8-15(18)6-12/h12-16,18H,2-11H2,1H3,(H,20,25)(H,23,24). The van der Waals surface area contributed by atoms with Crippen LogP contribution in [0.15, 0.2) is 0 Å². The molecule has 2 N–H and O–H groups in total. The third kappa shape index (κ3) is 3.83. The minimum absolute atomic E-state index is 0.0141. The fraction of sp³-hybridized carbons (Fsp3) is 0.895. The van der Waals surface area contributed by atoms with E-state index in [1.807, 2.05) is 4.90 Å². The van der Waals surface area contributed by atoms with E-state index in [1.165, 1.54) is 32.1 Å². The summed E-state index contributed by atoms with van der Waals surface area (Å²) in [6.45, 7) is 2.16. The molecule has 7 nitrogen and oxygen atoms in total. The van der Waals surface area contributed by atoms with Crippen molar-refractivity contribution in [1.82, 2.24) is 15.1 Å². The van der Waals surface area contributed by atoms with Gasteiger partial charge >= 0.3 is 12.0 Å². The van der Waals surface area contributed by atoms with Gasteiger partial charge in [-0.1, -0.05) is 0 Å². The molecule has 4 bridgehead atoms. The van der Waals surface area contributed by atoms with Gasteiger partial charge < -0.3 is 20.1 Å². The van der Waals surface area contributed by atoms with Crippen LogP contribution < -0.4 is 5.32 Å². The Morgan fingerprint density at radius 3 is 2.42 bits per heavy atom. The number of carboxylic acids is 1. The summed E-state index contributed by atoms with van der Waals surface area (Å²) in [4.78, 5) is 27.2. The van der Waals surface area contributed by atoms with E-state index in [4.69, 9.17) is 9.84 Å². The average Bonchev–Trinajstić information content (AvgIpc) is 2.56. The third-order valence-electron chi connectivity index (χ3n) is 6.86. The second-order valence-corrected chi connectivity index (χ2v) is 8.94. The second kappa shape index (κ2) is 7.35. The van der Waals surface area contributed by atoms with Crippen LogP contribution in [0.5, 0.6) is 0 Å². The van der Waals surface area contributed by atoms with Gasteiger partial charge in [-0.25, -0.2) is 4.79 Å². The number of likely N-dealkylation sites (N-methyl/N-ethyl adjacent to an activating group) is 1. The second-order valence-electron chi connectivity index (χ2n) is 8.94. The molecule has 1 heterocycles. The number of aliphatic carboxylic acids is 1. The zero-order chi connectivity index (χ0) is 18.3. The summed E-state index contributed by atoms with van der Waals surface area (Å²) in [6, 6.07) is 0.392. The lowest BCUT2D eigenvalue weighted by molar-refractivity contribution is -0.138. The maximum Gasteiger partial charge on any atom is 0.317 e. The first-order chi connectivity index (χ1) is 12.5. The average molecular weight is 365 g/mol. The molecule has 5 rings (SSSR count). The van der Waals surface area contributed by atoms with Crippen molar-refractivity contribution in [2.45, 2.75) is 44.2 Å². The van der Waals surface area contributed by atoms with E-state index in [2.05, 4.69) is 5.32 Å². The SMILES string of the molecule is CN(CC(=O)O)CC1CN(C(=O)NC2C3CC4CC(C3)CC2C4)CCO1. The lowest BCUT2D eigenvalue weighted by Crippen LogP contribution is -2.60. The van der Waals surface area contributed by atoms with Crippen molar-refractivity contribution in [3.8, 4) is 0 Å². The van der Waals surface area contributed by atoms with Crippen LogP contribution in [0.25, 0.3) is 0 Å². The predicted octanol–water partition coefficient (Wildman–Crippen LogP) is 1.24. The van der Waals surface area contributed by atoms with E-state index in [-0.39, 0.29) is 18.7 Å². The van der Waals surface area contributed by atoms with Crippen molar-refractivity contribution in [1.29, 1.82) is 0 Å². The lowest BCUT2D eigenvalue weighted by Gasteiger charge is -2.54. The van der Waals surface area contributed by atoms with Crippen LogP contribution in [0.3, 0.4) is 0 Å². The number of carbonyl (C=O) groups excluding carboxylic acids is 1. The van der Waals surface area contributed by atoms with Gasteiger partial charge in [0.05, 0.1) is 19.3 Å². The molecular weight excluding hydrogens is 334 g/mol. The number of hydrogen-bond acceptors (Lipinski definition) is 4. The number of nitrogens with one attached hydrogen (secondary N) is 1.